The zero-order valence-corrected chi connectivity index (χ0v) is 17.9. The highest BCUT2D eigenvalue weighted by atomic mass is 16.7. The Hall–Kier alpha value is -3.73. The summed E-state index contributed by atoms with van der Waals surface area (Å²) in [6.45, 7) is 1.50. The van der Waals surface area contributed by atoms with Crippen LogP contribution >= 0.6 is 0 Å². The van der Waals surface area contributed by atoms with E-state index in [1.54, 1.807) is 36.5 Å². The Kier molecular flexibility index (Phi) is 6.45. The minimum absolute atomic E-state index is 0.115. The number of ether oxygens (including phenoxy) is 3. The van der Waals surface area contributed by atoms with Crippen molar-refractivity contribution in [1.29, 1.82) is 0 Å². The van der Waals surface area contributed by atoms with Gasteiger partial charge in [-0.15, -0.1) is 0 Å². The maximum atomic E-state index is 12.7. The molecule has 0 atom stereocenters. The van der Waals surface area contributed by atoms with Crippen LogP contribution in [0.2, 0.25) is 0 Å². The number of benzene rings is 1. The minimum Gasteiger partial charge on any atom is -0.484 e. The van der Waals surface area contributed by atoms with Crippen molar-refractivity contribution in [3.63, 3.8) is 0 Å². The number of anilines is 1. The van der Waals surface area contributed by atoms with Crippen molar-refractivity contribution in [2.75, 3.05) is 18.7 Å². The van der Waals surface area contributed by atoms with Crippen LogP contribution in [0.1, 0.15) is 44.6 Å². The van der Waals surface area contributed by atoms with Gasteiger partial charge in [-0.2, -0.15) is 0 Å². The number of fused-ring (bicyclic) bond motifs is 1. The maximum absolute atomic E-state index is 12.7. The molecule has 0 radical (unpaired) electrons. The molecule has 1 fully saturated rings. The topological polar surface area (TPSA) is 98.8 Å². The van der Waals surface area contributed by atoms with Crippen molar-refractivity contribution in [3.8, 4) is 29.1 Å². The number of amides is 2. The minimum atomic E-state index is -0.593. The molecule has 1 aliphatic heterocycles. The van der Waals surface area contributed by atoms with Crippen LogP contribution in [0.15, 0.2) is 36.5 Å². The Morgan fingerprint density at radius 3 is 2.69 bits per heavy atom. The third-order valence-electron chi connectivity index (χ3n) is 5.31. The molecule has 1 aromatic heterocycles. The van der Waals surface area contributed by atoms with Crippen LogP contribution in [0.4, 0.5) is 5.82 Å². The lowest BCUT2D eigenvalue weighted by atomic mass is 9.82. The molecule has 8 nitrogen and oxygen atoms in total. The van der Waals surface area contributed by atoms with Gasteiger partial charge in [-0.05, 0) is 37.1 Å². The Bertz CT molecular complexity index is 1050. The summed E-state index contributed by atoms with van der Waals surface area (Å²) < 4.78 is 16.3. The summed E-state index contributed by atoms with van der Waals surface area (Å²) in [5.74, 6) is 8.29. The molecule has 1 aromatic carbocycles. The predicted molar refractivity (Wildman–Crippen MR) is 117 cm³/mol. The van der Waals surface area contributed by atoms with Crippen LogP contribution < -0.4 is 24.8 Å². The number of nitrogens with one attached hydrogen (secondary N) is 2. The summed E-state index contributed by atoms with van der Waals surface area (Å²) in [7, 11) is 0. The quantitative estimate of drug-likeness (QED) is 0.701. The Morgan fingerprint density at radius 2 is 1.94 bits per heavy atom. The zero-order valence-electron chi connectivity index (χ0n) is 17.9. The van der Waals surface area contributed by atoms with Crippen molar-refractivity contribution in [3.05, 3.63) is 42.1 Å². The molecule has 0 bridgehead atoms. The average Bonchev–Trinajstić information content (AvgIpc) is 3.25. The van der Waals surface area contributed by atoms with E-state index in [4.69, 9.17) is 14.2 Å². The first-order valence-electron chi connectivity index (χ1n) is 10.6. The normalized spacial score (nSPS) is 15.8. The Labute approximate surface area is 186 Å². The first-order valence-corrected chi connectivity index (χ1v) is 10.6. The summed E-state index contributed by atoms with van der Waals surface area (Å²) in [6.07, 6.45) is 6.30. The van der Waals surface area contributed by atoms with Gasteiger partial charge < -0.3 is 24.8 Å². The number of aromatic nitrogens is 1. The third kappa shape index (κ3) is 5.49. The van der Waals surface area contributed by atoms with Gasteiger partial charge >= 0.3 is 0 Å². The second-order valence-corrected chi connectivity index (χ2v) is 7.86. The predicted octanol–water partition coefficient (Wildman–Crippen LogP) is 3.02. The van der Waals surface area contributed by atoms with E-state index in [2.05, 4.69) is 27.5 Å². The van der Waals surface area contributed by atoms with Crippen molar-refractivity contribution >= 4 is 17.6 Å². The van der Waals surface area contributed by atoms with Crippen molar-refractivity contribution < 1.29 is 23.8 Å². The molecule has 2 aliphatic rings. The van der Waals surface area contributed by atoms with E-state index in [0.717, 1.165) is 37.7 Å². The van der Waals surface area contributed by atoms with E-state index >= 15 is 0 Å². The van der Waals surface area contributed by atoms with Gasteiger partial charge in [0.05, 0.1) is 0 Å². The fourth-order valence-electron chi connectivity index (χ4n) is 3.77. The van der Waals surface area contributed by atoms with Crippen LogP contribution in [-0.4, -0.2) is 35.7 Å². The highest BCUT2D eigenvalue weighted by Gasteiger charge is 2.32. The molecular formula is C24H25N3O5. The van der Waals surface area contributed by atoms with Gasteiger partial charge in [-0.25, -0.2) is 4.98 Å². The van der Waals surface area contributed by atoms with Crippen molar-refractivity contribution in [2.24, 2.45) is 0 Å². The van der Waals surface area contributed by atoms with Gasteiger partial charge in [-0.3, -0.25) is 9.59 Å². The second-order valence-electron chi connectivity index (χ2n) is 7.86. The first-order chi connectivity index (χ1) is 15.5. The number of pyridine rings is 1. The lowest BCUT2D eigenvalue weighted by molar-refractivity contribution is -0.124. The smallest absolute Gasteiger partial charge is 0.259 e. The van der Waals surface area contributed by atoms with E-state index in [1.807, 2.05) is 0 Å². The number of hydrogen-bond donors (Lipinski definition) is 2. The van der Waals surface area contributed by atoms with Gasteiger partial charge in [0, 0.05) is 24.8 Å². The summed E-state index contributed by atoms with van der Waals surface area (Å²) in [6, 6.07) is 8.72. The zero-order chi connectivity index (χ0) is 22.4. The number of carbonyl (C=O) groups is 2. The molecular weight excluding hydrogens is 410 g/mol. The molecule has 166 valence electrons. The molecule has 2 N–H and O–H groups in total. The molecule has 0 saturated heterocycles. The Balaban J connectivity index is 1.40. The van der Waals surface area contributed by atoms with E-state index < -0.39 is 5.54 Å². The lowest BCUT2D eigenvalue weighted by Gasteiger charge is -2.33. The number of nitrogens with zero attached hydrogens (tertiary/aromatic N) is 1. The van der Waals surface area contributed by atoms with Crippen LogP contribution in [0.25, 0.3) is 0 Å². The largest absolute Gasteiger partial charge is 0.484 e. The number of rotatable bonds is 5. The number of carbonyl (C=O) groups excluding carboxylic acids is 2. The monoisotopic (exact) mass is 435 g/mol. The maximum Gasteiger partial charge on any atom is 0.259 e. The molecule has 0 spiro atoms. The molecule has 4 rings (SSSR count). The second kappa shape index (κ2) is 9.60. The average molecular weight is 435 g/mol. The van der Waals surface area contributed by atoms with E-state index in [-0.39, 0.29) is 25.2 Å². The number of hydrogen-bond acceptors (Lipinski definition) is 6. The van der Waals surface area contributed by atoms with Gasteiger partial charge in [0.2, 0.25) is 12.7 Å². The molecule has 8 heteroatoms. The summed E-state index contributed by atoms with van der Waals surface area (Å²) in [5, 5.41) is 5.72. The van der Waals surface area contributed by atoms with Gasteiger partial charge in [0.25, 0.3) is 5.91 Å². The van der Waals surface area contributed by atoms with Crippen LogP contribution in [0.5, 0.6) is 17.2 Å². The van der Waals surface area contributed by atoms with E-state index in [0.29, 0.717) is 23.1 Å². The van der Waals surface area contributed by atoms with Crippen LogP contribution in [0.3, 0.4) is 0 Å². The van der Waals surface area contributed by atoms with E-state index in [1.165, 1.54) is 6.92 Å². The highest BCUT2D eigenvalue weighted by Crippen LogP contribution is 2.35. The molecule has 2 amide bonds. The lowest BCUT2D eigenvalue weighted by Crippen LogP contribution is -2.50. The molecule has 1 aliphatic carbocycles. The molecule has 2 aromatic rings. The Morgan fingerprint density at radius 1 is 1.12 bits per heavy atom. The fraction of sp³-hybridized carbons (Fsp3) is 0.375. The molecule has 0 unspecified atom stereocenters. The third-order valence-corrected chi connectivity index (χ3v) is 5.31. The molecule has 32 heavy (non-hydrogen) atoms. The summed E-state index contributed by atoms with van der Waals surface area (Å²) in [4.78, 5) is 28.0. The molecule has 2 heterocycles. The van der Waals surface area contributed by atoms with Crippen molar-refractivity contribution in [2.45, 2.75) is 44.6 Å². The standard InChI is InChI=1S/C24H25N3O5/c1-17(28)26-22-8-5-18(14-25-22)9-12-24(10-3-2-4-11-24)27-23(29)15-30-19-6-7-20-21(13-19)32-16-31-20/h5-8,13-14H,2-4,10-11,15-16H2,1H3,(H,27,29)(H,25,26,28). The SMILES string of the molecule is CC(=O)Nc1ccc(C#CC2(NC(=O)COc3ccc4c(c3)OCO4)CCCCC2)cn1. The van der Waals surface area contributed by atoms with Gasteiger partial charge in [-0.1, -0.05) is 31.1 Å². The first kappa shape index (κ1) is 21.5. The van der Waals surface area contributed by atoms with Crippen LogP contribution in [-0.2, 0) is 9.59 Å². The van der Waals surface area contributed by atoms with Crippen molar-refractivity contribution in [1.82, 2.24) is 10.3 Å². The van der Waals surface area contributed by atoms with Crippen LogP contribution in [0, 0.1) is 11.8 Å². The summed E-state index contributed by atoms with van der Waals surface area (Å²) in [5.41, 5.74) is 0.124. The molecule has 1 saturated carbocycles. The van der Waals surface area contributed by atoms with Gasteiger partial charge in [0.15, 0.2) is 18.1 Å². The summed E-state index contributed by atoms with van der Waals surface area (Å²) >= 11 is 0. The highest BCUT2D eigenvalue weighted by molar-refractivity contribution is 5.87. The van der Waals surface area contributed by atoms with E-state index in [9.17, 15) is 9.59 Å². The fourth-order valence-corrected chi connectivity index (χ4v) is 3.77. The van der Waals surface area contributed by atoms with Gasteiger partial charge in [0.1, 0.15) is 17.1 Å².